The van der Waals surface area contributed by atoms with Crippen LogP contribution in [0.1, 0.15) is 12.6 Å². The van der Waals surface area contributed by atoms with Gasteiger partial charge < -0.3 is 35.9 Å². The molecule has 5 heterocycles. The van der Waals surface area contributed by atoms with Crippen molar-refractivity contribution in [1.29, 1.82) is 0 Å². The molecule has 14 nitrogen and oxygen atoms in total. The SMILES string of the molecule is C[C@H](O/N=C(\C(=O)N[C@@H]1C(=O)N2C(C(=O)[O-])=C(C[n+]3ccc4cc[nH]c4c3)CSC12)c1nc(N)sc1Cl)C(=O)O. The van der Waals surface area contributed by atoms with Crippen molar-refractivity contribution in [3.63, 3.8) is 0 Å². The Balaban J connectivity index is 1.37. The smallest absolute Gasteiger partial charge is 0.347 e. The Kier molecular flexibility index (Phi) is 7.39. The van der Waals surface area contributed by atoms with E-state index in [1.807, 2.05) is 18.3 Å². The fraction of sp³-hybridized carbons (Fsp3) is 0.261. The second kappa shape index (κ2) is 10.8. The number of nitrogen functional groups attached to an aromatic ring is 1. The van der Waals surface area contributed by atoms with Crippen LogP contribution in [-0.4, -0.2) is 72.7 Å². The maximum Gasteiger partial charge on any atom is 0.347 e. The van der Waals surface area contributed by atoms with Gasteiger partial charge in [-0.2, -0.15) is 4.57 Å². The third-order valence-electron chi connectivity index (χ3n) is 6.15. The standard InChI is InChI=1S/C23H20ClN7O7S2/c1-9(21(34)35)38-29-14(13-17(24)40-23(25)28-13)18(32)27-15-19(33)31-16(22(36)37)11(8-39-20(15)31)6-30-5-3-10-2-4-26-12(10)7-30/h2-5,7,9,15,20H,6,8H2,1H3,(H5,25,27,28,32,34,35,36,37)/b29-14-/t9-,15+,20?/m0/s1. The van der Waals surface area contributed by atoms with Gasteiger partial charge in [-0.25, -0.2) is 9.78 Å². The molecule has 0 saturated carbocycles. The number of hydrogen-bond acceptors (Lipinski definition) is 11. The van der Waals surface area contributed by atoms with Crippen molar-refractivity contribution < 1.29 is 38.8 Å². The van der Waals surface area contributed by atoms with Gasteiger partial charge in [0.25, 0.3) is 11.8 Å². The van der Waals surface area contributed by atoms with Gasteiger partial charge in [-0.3, -0.25) is 14.5 Å². The molecule has 2 aliphatic rings. The number of thioether (sulfide) groups is 1. The number of aromatic nitrogens is 3. The fourth-order valence-corrected chi connectivity index (χ4v) is 6.45. The van der Waals surface area contributed by atoms with E-state index in [0.717, 1.165) is 27.1 Å². The largest absolute Gasteiger partial charge is 0.543 e. The molecule has 3 aromatic rings. The summed E-state index contributed by atoms with van der Waals surface area (Å²) >= 11 is 8.25. The first-order chi connectivity index (χ1) is 19.0. The van der Waals surface area contributed by atoms with E-state index in [1.165, 1.54) is 18.7 Å². The van der Waals surface area contributed by atoms with Gasteiger partial charge in [0.05, 0.1) is 11.7 Å². The molecule has 208 valence electrons. The number of carboxylic acid groups (broad SMARTS) is 2. The predicted octanol–water partition coefficient (Wildman–Crippen LogP) is -0.555. The molecular weight excluding hydrogens is 586 g/mol. The van der Waals surface area contributed by atoms with Gasteiger partial charge in [0, 0.05) is 29.0 Å². The number of carbonyl (C=O) groups is 4. The molecule has 0 bridgehead atoms. The van der Waals surface area contributed by atoms with Gasteiger partial charge in [-0.05, 0) is 13.0 Å². The number of nitrogens with two attached hydrogens (primary N) is 1. The van der Waals surface area contributed by atoms with E-state index in [4.69, 9.17) is 27.3 Å². The summed E-state index contributed by atoms with van der Waals surface area (Å²) < 4.78 is 1.79. The first kappa shape index (κ1) is 27.4. The van der Waals surface area contributed by atoms with E-state index in [-0.39, 0.29) is 33.2 Å². The van der Waals surface area contributed by atoms with Crippen LogP contribution in [0.2, 0.25) is 4.34 Å². The van der Waals surface area contributed by atoms with Crippen molar-refractivity contribution in [3.05, 3.63) is 52.0 Å². The lowest BCUT2D eigenvalue weighted by molar-refractivity contribution is -0.687. The molecule has 0 aliphatic carbocycles. The van der Waals surface area contributed by atoms with E-state index in [1.54, 1.807) is 17.0 Å². The Morgan fingerprint density at radius 2 is 2.23 bits per heavy atom. The Hall–Kier alpha value is -4.15. The monoisotopic (exact) mass is 605 g/mol. The first-order valence-corrected chi connectivity index (χ1v) is 13.8. The third-order valence-corrected chi connectivity index (χ3v) is 8.57. The van der Waals surface area contributed by atoms with Crippen molar-refractivity contribution in [1.82, 2.24) is 20.2 Å². The van der Waals surface area contributed by atoms with Crippen LogP contribution >= 0.6 is 34.7 Å². The topological polar surface area (TPSA) is 207 Å². The number of nitrogens with zero attached hydrogens (tertiary/aromatic N) is 4. The summed E-state index contributed by atoms with van der Waals surface area (Å²) in [5, 5.41) is 27.6. The lowest BCUT2D eigenvalue weighted by Gasteiger charge is -2.50. The summed E-state index contributed by atoms with van der Waals surface area (Å²) in [5.41, 5.74) is 6.10. The highest BCUT2D eigenvalue weighted by atomic mass is 35.5. The molecule has 0 spiro atoms. The fourth-order valence-electron chi connectivity index (χ4n) is 4.19. The number of thiazole rings is 1. The van der Waals surface area contributed by atoms with Gasteiger partial charge in [0.2, 0.25) is 6.10 Å². The highest BCUT2D eigenvalue weighted by Gasteiger charge is 2.53. The maximum absolute atomic E-state index is 13.2. The number of fused-ring (bicyclic) bond motifs is 2. The molecule has 3 aromatic heterocycles. The van der Waals surface area contributed by atoms with Crippen LogP contribution in [0.4, 0.5) is 5.13 Å². The quantitative estimate of drug-likeness (QED) is 0.106. The van der Waals surface area contributed by atoms with Gasteiger partial charge in [0.15, 0.2) is 29.8 Å². The van der Waals surface area contributed by atoms with Crippen LogP contribution < -0.4 is 20.7 Å². The highest BCUT2D eigenvalue weighted by Crippen LogP contribution is 2.40. The summed E-state index contributed by atoms with van der Waals surface area (Å²) in [6.07, 6.45) is 4.02. The van der Waals surface area contributed by atoms with Crippen molar-refractivity contribution in [2.75, 3.05) is 11.5 Å². The van der Waals surface area contributed by atoms with Crippen molar-refractivity contribution in [3.8, 4) is 0 Å². The molecule has 0 radical (unpaired) electrons. The lowest BCUT2D eigenvalue weighted by atomic mass is 10.0. The Morgan fingerprint density at radius 1 is 1.45 bits per heavy atom. The van der Waals surface area contributed by atoms with Crippen LogP contribution in [0, 0.1) is 0 Å². The van der Waals surface area contributed by atoms with Gasteiger partial charge in [-0.15, -0.1) is 11.8 Å². The minimum absolute atomic E-state index is 0.00608. The molecule has 40 heavy (non-hydrogen) atoms. The number of hydrogen-bond donors (Lipinski definition) is 4. The van der Waals surface area contributed by atoms with E-state index in [2.05, 4.69) is 20.4 Å². The molecule has 0 aromatic carbocycles. The molecule has 3 atom stereocenters. The van der Waals surface area contributed by atoms with Crippen LogP contribution in [-0.2, 0) is 30.6 Å². The summed E-state index contributed by atoms with van der Waals surface area (Å²) in [6, 6.07) is 2.67. The zero-order valence-corrected chi connectivity index (χ0v) is 22.9. The minimum atomic E-state index is -1.51. The average molecular weight is 606 g/mol. The number of aromatic amines is 1. The van der Waals surface area contributed by atoms with E-state index < -0.39 is 47.0 Å². The highest BCUT2D eigenvalue weighted by molar-refractivity contribution is 8.00. The maximum atomic E-state index is 13.2. The number of oxime groups is 1. The number of H-pyrrole nitrogens is 1. The summed E-state index contributed by atoms with van der Waals surface area (Å²) in [4.78, 5) is 62.6. The summed E-state index contributed by atoms with van der Waals surface area (Å²) in [6.45, 7) is 1.41. The van der Waals surface area contributed by atoms with Crippen molar-refractivity contribution in [2.45, 2.75) is 31.0 Å². The zero-order chi connectivity index (χ0) is 28.7. The molecule has 2 aliphatic heterocycles. The Bertz CT molecular complexity index is 1620. The van der Waals surface area contributed by atoms with Crippen LogP contribution in [0.5, 0.6) is 0 Å². The second-order valence-electron chi connectivity index (χ2n) is 8.76. The molecule has 5 N–H and O–H groups in total. The zero-order valence-electron chi connectivity index (χ0n) is 20.5. The minimum Gasteiger partial charge on any atom is -0.543 e. The predicted molar refractivity (Wildman–Crippen MR) is 142 cm³/mol. The van der Waals surface area contributed by atoms with E-state index in [9.17, 15) is 24.3 Å². The van der Waals surface area contributed by atoms with Gasteiger partial charge in [0.1, 0.15) is 27.0 Å². The third kappa shape index (κ3) is 5.07. The first-order valence-electron chi connectivity index (χ1n) is 11.6. The number of anilines is 1. The number of nitrogens with one attached hydrogen (secondary N) is 2. The number of pyridine rings is 1. The van der Waals surface area contributed by atoms with Crippen molar-refractivity contribution >= 4 is 80.2 Å². The number of carboxylic acids is 2. The normalized spacial score (nSPS) is 19.7. The molecule has 5 rings (SSSR count). The number of halogens is 1. The molecule has 2 amide bonds. The summed E-state index contributed by atoms with van der Waals surface area (Å²) in [5.74, 6) is -4.20. The number of β-lactam (4-membered cyclic amide) rings is 1. The lowest BCUT2D eigenvalue weighted by Crippen LogP contribution is -2.71. The van der Waals surface area contributed by atoms with E-state index >= 15 is 0 Å². The second-order valence-corrected chi connectivity index (χ2v) is 11.5. The van der Waals surface area contributed by atoms with Gasteiger partial charge in [-0.1, -0.05) is 28.1 Å². The molecule has 1 saturated heterocycles. The van der Waals surface area contributed by atoms with Crippen molar-refractivity contribution in [2.24, 2.45) is 5.16 Å². The molecule has 17 heteroatoms. The van der Waals surface area contributed by atoms with Crippen LogP contribution in [0.3, 0.4) is 0 Å². The average Bonchev–Trinajstić information content (AvgIpc) is 3.51. The van der Waals surface area contributed by atoms with Crippen LogP contribution in [0.25, 0.3) is 10.9 Å². The number of amides is 2. The molecular formula is C23H20ClN7O7S2. The molecule has 1 fully saturated rings. The number of aliphatic carboxylic acids is 2. The van der Waals surface area contributed by atoms with Crippen LogP contribution in [0.15, 0.2) is 47.1 Å². The Labute approximate surface area is 238 Å². The molecule has 1 unspecified atom stereocenters. The summed E-state index contributed by atoms with van der Waals surface area (Å²) in [7, 11) is 0. The number of carbonyl (C=O) groups excluding carboxylic acids is 3. The number of rotatable bonds is 9. The Morgan fingerprint density at radius 3 is 2.90 bits per heavy atom. The van der Waals surface area contributed by atoms with E-state index in [0.29, 0.717) is 5.57 Å². The van der Waals surface area contributed by atoms with Gasteiger partial charge >= 0.3 is 5.97 Å².